The molecule has 1 rings (SSSR count). The third-order valence-electron chi connectivity index (χ3n) is 2.60. The average molecular weight is 241 g/mol. The van der Waals surface area contributed by atoms with Gasteiger partial charge in [0.2, 0.25) is 0 Å². The summed E-state index contributed by atoms with van der Waals surface area (Å²) in [7, 11) is 0. The topological polar surface area (TPSA) is 29.1 Å². The molecule has 0 aromatic carbocycles. The van der Waals surface area contributed by atoms with Crippen LogP contribution in [0.25, 0.3) is 0 Å². The van der Waals surface area contributed by atoms with Crippen LogP contribution in [-0.4, -0.2) is 29.6 Å². The van der Waals surface area contributed by atoms with E-state index < -0.39 is 12.1 Å². The van der Waals surface area contributed by atoms with Gasteiger partial charge in [0.05, 0.1) is 0 Å². The summed E-state index contributed by atoms with van der Waals surface area (Å²) in [5, 5.41) is 2.56. The number of carbonyl (C=O) groups excluding carboxylic acids is 1. The zero-order chi connectivity index (χ0) is 11.5. The van der Waals surface area contributed by atoms with Gasteiger partial charge in [0, 0.05) is 11.3 Å². The van der Waals surface area contributed by atoms with E-state index in [1.165, 1.54) is 0 Å². The predicted octanol–water partition coefficient (Wildman–Crippen LogP) is 2.34. The Balaban J connectivity index is 2.33. The maximum atomic E-state index is 11.9. The number of nitrogens with one attached hydrogen (secondary N) is 1. The smallest absolute Gasteiger partial charge is 0.346 e. The molecule has 0 unspecified atom stereocenters. The Morgan fingerprint density at radius 1 is 1.27 bits per heavy atom. The zero-order valence-corrected chi connectivity index (χ0v) is 9.25. The standard InChI is InChI=1S/C9H14F3NOS/c1-15-7-4-2-6(3-5-7)13-8(14)9(10,11)12/h6-7H,2-5H2,1H3,(H,13,14). The van der Waals surface area contributed by atoms with E-state index in [0.717, 1.165) is 12.8 Å². The number of rotatable bonds is 2. The number of hydrogen-bond acceptors (Lipinski definition) is 2. The predicted molar refractivity (Wildman–Crippen MR) is 53.8 cm³/mol. The fourth-order valence-electron chi connectivity index (χ4n) is 1.71. The molecule has 1 fully saturated rings. The lowest BCUT2D eigenvalue weighted by molar-refractivity contribution is -0.174. The molecule has 0 aromatic rings. The van der Waals surface area contributed by atoms with Gasteiger partial charge in [-0.3, -0.25) is 4.79 Å². The van der Waals surface area contributed by atoms with Gasteiger partial charge in [-0.15, -0.1) is 0 Å². The van der Waals surface area contributed by atoms with E-state index in [2.05, 4.69) is 0 Å². The Hall–Kier alpha value is -0.390. The molecule has 0 radical (unpaired) electrons. The van der Waals surface area contributed by atoms with E-state index in [9.17, 15) is 18.0 Å². The molecule has 2 nitrogen and oxygen atoms in total. The molecule has 0 spiro atoms. The van der Waals surface area contributed by atoms with Crippen LogP contribution in [0.2, 0.25) is 0 Å². The highest BCUT2D eigenvalue weighted by molar-refractivity contribution is 7.99. The van der Waals surface area contributed by atoms with Crippen LogP contribution >= 0.6 is 11.8 Å². The summed E-state index contributed by atoms with van der Waals surface area (Å²) in [6, 6.07) is -0.303. The summed E-state index contributed by atoms with van der Waals surface area (Å²) in [4.78, 5) is 10.6. The fraction of sp³-hybridized carbons (Fsp3) is 0.889. The SMILES string of the molecule is CSC1CCC(NC(=O)C(F)(F)F)CC1. The fourth-order valence-corrected chi connectivity index (χ4v) is 2.45. The highest BCUT2D eigenvalue weighted by atomic mass is 32.2. The van der Waals surface area contributed by atoms with Gasteiger partial charge in [0.25, 0.3) is 0 Å². The largest absolute Gasteiger partial charge is 0.471 e. The van der Waals surface area contributed by atoms with Crippen molar-refractivity contribution in [3.63, 3.8) is 0 Å². The van der Waals surface area contributed by atoms with E-state index in [1.54, 1.807) is 11.8 Å². The van der Waals surface area contributed by atoms with Crippen molar-refractivity contribution in [1.29, 1.82) is 0 Å². The maximum Gasteiger partial charge on any atom is 0.471 e. The van der Waals surface area contributed by atoms with Crippen LogP contribution in [0.3, 0.4) is 0 Å². The van der Waals surface area contributed by atoms with Gasteiger partial charge >= 0.3 is 12.1 Å². The minimum atomic E-state index is -4.75. The van der Waals surface area contributed by atoms with Crippen LogP contribution in [0.15, 0.2) is 0 Å². The Kier molecular flexibility index (Phi) is 4.31. The van der Waals surface area contributed by atoms with Crippen LogP contribution < -0.4 is 5.32 Å². The Bertz CT molecular complexity index is 224. The molecule has 15 heavy (non-hydrogen) atoms. The van der Waals surface area contributed by atoms with Crippen LogP contribution in [0, 0.1) is 0 Å². The molecule has 6 heteroatoms. The van der Waals surface area contributed by atoms with E-state index in [-0.39, 0.29) is 6.04 Å². The van der Waals surface area contributed by atoms with Gasteiger partial charge in [-0.05, 0) is 31.9 Å². The second-order valence-corrected chi connectivity index (χ2v) is 4.82. The second kappa shape index (κ2) is 5.09. The van der Waals surface area contributed by atoms with Crippen molar-refractivity contribution in [2.24, 2.45) is 0 Å². The normalized spacial score (nSPS) is 27.5. The van der Waals surface area contributed by atoms with Crippen molar-refractivity contribution >= 4 is 17.7 Å². The minimum absolute atomic E-state index is 0.303. The molecule has 1 amide bonds. The lowest BCUT2D eigenvalue weighted by Crippen LogP contribution is -2.44. The summed E-state index contributed by atoms with van der Waals surface area (Å²) < 4.78 is 35.8. The molecule has 0 saturated heterocycles. The Labute approximate surface area is 91.0 Å². The van der Waals surface area contributed by atoms with Crippen LogP contribution in [0.5, 0.6) is 0 Å². The third kappa shape index (κ3) is 3.93. The summed E-state index contributed by atoms with van der Waals surface area (Å²) in [5.41, 5.74) is 0. The van der Waals surface area contributed by atoms with E-state index >= 15 is 0 Å². The lowest BCUT2D eigenvalue weighted by Gasteiger charge is -2.28. The summed E-state index contributed by atoms with van der Waals surface area (Å²) in [6.45, 7) is 0. The van der Waals surface area contributed by atoms with Crippen molar-refractivity contribution in [2.75, 3.05) is 6.26 Å². The van der Waals surface area contributed by atoms with Gasteiger partial charge < -0.3 is 5.32 Å². The maximum absolute atomic E-state index is 11.9. The monoisotopic (exact) mass is 241 g/mol. The molecule has 0 atom stereocenters. The Morgan fingerprint density at radius 2 is 1.80 bits per heavy atom. The molecule has 1 aliphatic rings. The molecular formula is C9H14F3NOS. The number of thioether (sulfide) groups is 1. The van der Waals surface area contributed by atoms with Crippen LogP contribution in [0.4, 0.5) is 13.2 Å². The second-order valence-electron chi connectivity index (χ2n) is 3.68. The van der Waals surface area contributed by atoms with Crippen molar-refractivity contribution in [1.82, 2.24) is 5.32 Å². The number of alkyl halides is 3. The molecule has 1 N–H and O–H groups in total. The first-order valence-electron chi connectivity index (χ1n) is 4.84. The number of carbonyl (C=O) groups is 1. The van der Waals surface area contributed by atoms with Crippen molar-refractivity contribution < 1.29 is 18.0 Å². The van der Waals surface area contributed by atoms with Crippen molar-refractivity contribution in [3.8, 4) is 0 Å². The average Bonchev–Trinajstić information content (AvgIpc) is 2.17. The molecule has 1 aliphatic carbocycles. The number of halogens is 3. The van der Waals surface area contributed by atoms with Crippen LogP contribution in [0.1, 0.15) is 25.7 Å². The number of amides is 1. The third-order valence-corrected chi connectivity index (χ3v) is 3.74. The van der Waals surface area contributed by atoms with E-state index in [1.807, 2.05) is 11.6 Å². The molecule has 1 saturated carbocycles. The molecule has 0 aromatic heterocycles. The first kappa shape index (κ1) is 12.7. The van der Waals surface area contributed by atoms with Crippen molar-refractivity contribution in [2.45, 2.75) is 43.2 Å². The minimum Gasteiger partial charge on any atom is -0.346 e. The first-order chi connectivity index (χ1) is 6.93. The van der Waals surface area contributed by atoms with Gasteiger partial charge in [-0.2, -0.15) is 24.9 Å². The summed E-state index contributed by atoms with van der Waals surface area (Å²) in [6.07, 6.45) is 0.296. The molecular weight excluding hydrogens is 227 g/mol. The molecule has 0 heterocycles. The molecule has 0 bridgehead atoms. The summed E-state index contributed by atoms with van der Waals surface area (Å²) >= 11 is 1.74. The molecule has 0 aliphatic heterocycles. The molecule has 88 valence electrons. The van der Waals surface area contributed by atoms with Crippen LogP contribution in [-0.2, 0) is 4.79 Å². The highest BCUT2D eigenvalue weighted by Gasteiger charge is 2.40. The van der Waals surface area contributed by atoms with E-state index in [0.29, 0.717) is 18.1 Å². The van der Waals surface area contributed by atoms with Crippen molar-refractivity contribution in [3.05, 3.63) is 0 Å². The Morgan fingerprint density at radius 3 is 2.20 bits per heavy atom. The highest BCUT2D eigenvalue weighted by Crippen LogP contribution is 2.27. The van der Waals surface area contributed by atoms with Gasteiger partial charge in [-0.25, -0.2) is 0 Å². The quantitative estimate of drug-likeness (QED) is 0.804. The van der Waals surface area contributed by atoms with Gasteiger partial charge in [-0.1, -0.05) is 0 Å². The first-order valence-corrected chi connectivity index (χ1v) is 6.12. The van der Waals surface area contributed by atoms with Gasteiger partial charge in [0.1, 0.15) is 0 Å². The lowest BCUT2D eigenvalue weighted by atomic mass is 9.95. The number of hydrogen-bond donors (Lipinski definition) is 1. The summed E-state index contributed by atoms with van der Waals surface area (Å²) in [5.74, 6) is -1.81. The zero-order valence-electron chi connectivity index (χ0n) is 8.43. The van der Waals surface area contributed by atoms with Gasteiger partial charge in [0.15, 0.2) is 0 Å². The van der Waals surface area contributed by atoms with E-state index in [4.69, 9.17) is 0 Å².